The van der Waals surface area contributed by atoms with Crippen molar-refractivity contribution in [2.24, 2.45) is 17.8 Å². The average molecular weight is 702 g/mol. The molecular weight excluding hydrogens is 646 g/mol. The molecule has 1 aliphatic heterocycles. The Balaban J connectivity index is 1.51. The molecule has 1 heterocycles. The van der Waals surface area contributed by atoms with Crippen LogP contribution in [0.2, 0.25) is 0 Å². The van der Waals surface area contributed by atoms with Crippen LogP contribution in [-0.2, 0) is 25.6 Å². The molecule has 1 fully saturated rings. The van der Waals surface area contributed by atoms with Crippen LogP contribution in [0.25, 0.3) is 5.70 Å². The smallest absolute Gasteiger partial charge is 0.256 e. The van der Waals surface area contributed by atoms with Crippen LogP contribution in [0, 0.1) is 17.8 Å². The first kappa shape index (κ1) is 39.3. The summed E-state index contributed by atoms with van der Waals surface area (Å²) in [5, 5.41) is 25.5. The van der Waals surface area contributed by atoms with Gasteiger partial charge in [0, 0.05) is 30.2 Å². The Morgan fingerprint density at radius 3 is 2.14 bits per heavy atom. The number of rotatable bonds is 17. The van der Waals surface area contributed by atoms with Crippen LogP contribution >= 0.6 is 0 Å². The van der Waals surface area contributed by atoms with Crippen molar-refractivity contribution >= 4 is 35.2 Å². The molecule has 276 valence electrons. The number of nitrogens with one attached hydrogen (secondary N) is 5. The normalized spacial score (nSPS) is 17.6. The quantitative estimate of drug-likeness (QED) is 0.137. The molecule has 0 saturated heterocycles. The predicted octanol–water partition coefficient (Wildman–Crippen LogP) is 4.01. The third kappa shape index (κ3) is 12.3. The van der Waals surface area contributed by atoms with Crippen LogP contribution in [0.5, 0.6) is 0 Å². The number of amides is 5. The van der Waals surface area contributed by atoms with Crippen molar-refractivity contribution in [2.45, 2.75) is 110 Å². The van der Waals surface area contributed by atoms with Crippen LogP contribution in [0.3, 0.4) is 0 Å². The van der Waals surface area contributed by atoms with Gasteiger partial charge in [0.25, 0.3) is 5.91 Å². The third-order valence-electron chi connectivity index (χ3n) is 9.45. The second-order valence-corrected chi connectivity index (χ2v) is 14.8. The maximum Gasteiger partial charge on any atom is 0.256 e. The standard InChI is InChI=1S/C40H55N5O6/c1-25(2)19-33(39(50)44-32(20-27-13-7-5-8-14-27)35(46)23-36(47)41-24-26(3)4)45-40(51)34(21-28-15-9-6-10-16-28)42-37(48)22-31-29-17-11-12-18-30(29)38(49)43-31/h6,9-12,15-18,22,25-27,32-35,46H,5,7-8,13-14,19-21,23-24H2,1-4H3,(H,41,47)(H,42,48)(H,43,49)(H,44,50)(H,45,51)/b31-22-/t32?,33-,34-,35?/m0/s1. The molecule has 1 saturated carbocycles. The molecule has 2 aromatic carbocycles. The van der Waals surface area contributed by atoms with E-state index in [1.807, 2.05) is 58.0 Å². The van der Waals surface area contributed by atoms with E-state index in [1.54, 1.807) is 24.3 Å². The number of carbonyl (C=O) groups excluding carboxylic acids is 5. The van der Waals surface area contributed by atoms with Crippen molar-refractivity contribution in [1.29, 1.82) is 0 Å². The van der Waals surface area contributed by atoms with Crippen LogP contribution in [0.4, 0.5) is 0 Å². The van der Waals surface area contributed by atoms with Gasteiger partial charge in [-0.05, 0) is 42.2 Å². The maximum atomic E-state index is 14.0. The minimum atomic E-state index is -1.10. The zero-order valence-electron chi connectivity index (χ0n) is 30.4. The van der Waals surface area contributed by atoms with E-state index in [0.717, 1.165) is 37.7 Å². The summed E-state index contributed by atoms with van der Waals surface area (Å²) in [4.78, 5) is 66.4. The topological polar surface area (TPSA) is 166 Å². The molecule has 5 amide bonds. The number of carbonyl (C=O) groups is 5. The van der Waals surface area contributed by atoms with Gasteiger partial charge in [-0.2, -0.15) is 0 Å². The van der Waals surface area contributed by atoms with Crippen molar-refractivity contribution in [3.63, 3.8) is 0 Å². The summed E-state index contributed by atoms with van der Waals surface area (Å²) in [6.45, 7) is 8.37. The van der Waals surface area contributed by atoms with Gasteiger partial charge in [0.1, 0.15) is 12.1 Å². The molecule has 2 unspecified atom stereocenters. The highest BCUT2D eigenvalue weighted by Crippen LogP contribution is 2.29. The molecule has 2 aromatic rings. The second-order valence-electron chi connectivity index (χ2n) is 14.8. The molecule has 2 aliphatic rings. The molecule has 4 rings (SSSR count). The van der Waals surface area contributed by atoms with Crippen molar-refractivity contribution in [1.82, 2.24) is 26.6 Å². The predicted molar refractivity (Wildman–Crippen MR) is 197 cm³/mol. The monoisotopic (exact) mass is 701 g/mol. The van der Waals surface area contributed by atoms with E-state index in [1.165, 1.54) is 6.08 Å². The number of benzene rings is 2. The summed E-state index contributed by atoms with van der Waals surface area (Å²) in [6, 6.07) is 13.5. The van der Waals surface area contributed by atoms with Gasteiger partial charge >= 0.3 is 0 Å². The van der Waals surface area contributed by atoms with Crippen LogP contribution in [0.1, 0.15) is 101 Å². The maximum absolute atomic E-state index is 14.0. The van der Waals surface area contributed by atoms with Gasteiger partial charge in [0.15, 0.2) is 0 Å². The van der Waals surface area contributed by atoms with E-state index in [0.29, 0.717) is 42.1 Å². The van der Waals surface area contributed by atoms with E-state index < -0.39 is 42.0 Å². The second kappa shape index (κ2) is 19.2. The minimum absolute atomic E-state index is 0.0301. The van der Waals surface area contributed by atoms with Crippen molar-refractivity contribution in [3.05, 3.63) is 77.4 Å². The molecule has 0 spiro atoms. The Morgan fingerprint density at radius 1 is 0.824 bits per heavy atom. The zero-order valence-corrected chi connectivity index (χ0v) is 30.4. The van der Waals surface area contributed by atoms with Crippen molar-refractivity contribution in [2.75, 3.05) is 6.54 Å². The van der Waals surface area contributed by atoms with E-state index in [2.05, 4.69) is 26.6 Å². The lowest BCUT2D eigenvalue weighted by Gasteiger charge is -2.32. The lowest BCUT2D eigenvalue weighted by molar-refractivity contribution is -0.132. The lowest BCUT2D eigenvalue weighted by Crippen LogP contribution is -2.57. The summed E-state index contributed by atoms with van der Waals surface area (Å²) in [5.74, 6) is -1.55. The highest BCUT2D eigenvalue weighted by Gasteiger charge is 2.33. The Hall–Kier alpha value is -4.51. The van der Waals surface area contributed by atoms with Gasteiger partial charge in [0.2, 0.25) is 23.6 Å². The fourth-order valence-corrected chi connectivity index (χ4v) is 6.77. The molecule has 0 bridgehead atoms. The zero-order chi connectivity index (χ0) is 36.9. The number of hydrogen-bond acceptors (Lipinski definition) is 6. The van der Waals surface area contributed by atoms with E-state index in [9.17, 15) is 29.1 Å². The molecule has 51 heavy (non-hydrogen) atoms. The van der Waals surface area contributed by atoms with Crippen LogP contribution in [-0.4, -0.2) is 65.4 Å². The van der Waals surface area contributed by atoms with Gasteiger partial charge in [-0.3, -0.25) is 24.0 Å². The Bertz CT molecular complexity index is 1530. The van der Waals surface area contributed by atoms with Gasteiger partial charge in [-0.1, -0.05) is 108 Å². The SMILES string of the molecule is CC(C)CNC(=O)CC(O)C(CC1CCCCC1)NC(=O)[C@H](CC(C)C)NC(=O)[C@H](Cc1ccccc1)NC(=O)/C=C1\NC(=O)c2ccccc21. The molecule has 11 heteroatoms. The first-order valence-corrected chi connectivity index (χ1v) is 18.4. The number of aliphatic hydroxyl groups is 1. The largest absolute Gasteiger partial charge is 0.390 e. The third-order valence-corrected chi connectivity index (χ3v) is 9.45. The Kier molecular flexibility index (Phi) is 14.8. The lowest BCUT2D eigenvalue weighted by atomic mass is 9.83. The summed E-state index contributed by atoms with van der Waals surface area (Å²) in [5.41, 5.74) is 2.20. The summed E-state index contributed by atoms with van der Waals surface area (Å²) >= 11 is 0. The fraction of sp³-hybridized carbons (Fsp3) is 0.525. The van der Waals surface area contributed by atoms with Gasteiger partial charge in [-0.25, -0.2) is 0 Å². The summed E-state index contributed by atoms with van der Waals surface area (Å²) < 4.78 is 0. The van der Waals surface area contributed by atoms with Crippen LogP contribution in [0.15, 0.2) is 60.7 Å². The number of hydrogen-bond donors (Lipinski definition) is 6. The van der Waals surface area contributed by atoms with Crippen molar-refractivity contribution in [3.8, 4) is 0 Å². The molecular formula is C40H55N5O6. The van der Waals surface area contributed by atoms with Crippen molar-refractivity contribution < 1.29 is 29.1 Å². The van der Waals surface area contributed by atoms with Gasteiger partial charge in [0.05, 0.1) is 24.3 Å². The van der Waals surface area contributed by atoms with Gasteiger partial charge in [-0.15, -0.1) is 0 Å². The highest BCUT2D eigenvalue weighted by atomic mass is 16.3. The molecule has 4 atom stereocenters. The van der Waals surface area contributed by atoms with Gasteiger partial charge < -0.3 is 31.7 Å². The van der Waals surface area contributed by atoms with E-state index in [4.69, 9.17) is 0 Å². The minimum Gasteiger partial charge on any atom is -0.390 e. The first-order valence-electron chi connectivity index (χ1n) is 18.4. The average Bonchev–Trinajstić information content (AvgIpc) is 3.41. The number of fused-ring (bicyclic) bond motifs is 1. The molecule has 0 radical (unpaired) electrons. The van der Waals surface area contributed by atoms with Crippen LogP contribution < -0.4 is 26.6 Å². The summed E-state index contributed by atoms with van der Waals surface area (Å²) in [7, 11) is 0. The highest BCUT2D eigenvalue weighted by molar-refractivity contribution is 6.12. The molecule has 6 N–H and O–H groups in total. The molecule has 1 aliphatic carbocycles. The fourth-order valence-electron chi connectivity index (χ4n) is 6.77. The number of aliphatic hydroxyl groups excluding tert-OH is 1. The van der Waals surface area contributed by atoms with E-state index >= 15 is 0 Å². The molecule has 11 nitrogen and oxygen atoms in total. The molecule has 0 aromatic heterocycles. The summed E-state index contributed by atoms with van der Waals surface area (Å²) in [6.07, 6.45) is 6.38. The first-order chi connectivity index (χ1) is 24.4. The van der Waals surface area contributed by atoms with E-state index in [-0.39, 0.29) is 36.5 Å². The Labute approximate surface area is 301 Å². The Morgan fingerprint density at radius 2 is 1.47 bits per heavy atom.